The average molecular weight is 292 g/mol. The highest BCUT2D eigenvalue weighted by Crippen LogP contribution is 2.35. The van der Waals surface area contributed by atoms with Crippen LogP contribution in [0.15, 0.2) is 18.2 Å². The van der Waals surface area contributed by atoms with E-state index >= 15 is 0 Å². The molecule has 5 nitrogen and oxygen atoms in total. The van der Waals surface area contributed by atoms with Crippen LogP contribution in [-0.2, 0) is 10.3 Å². The Morgan fingerprint density at radius 2 is 2.00 bits per heavy atom. The zero-order valence-corrected chi connectivity index (χ0v) is 13.2. The van der Waals surface area contributed by atoms with Gasteiger partial charge in [-0.25, -0.2) is 0 Å². The molecule has 0 aromatic heterocycles. The van der Waals surface area contributed by atoms with Crippen LogP contribution in [0.3, 0.4) is 0 Å². The maximum Gasteiger partial charge on any atom is 0.233 e. The summed E-state index contributed by atoms with van der Waals surface area (Å²) in [5.41, 5.74) is 0.735. The highest BCUT2D eigenvalue weighted by Gasteiger charge is 2.24. The summed E-state index contributed by atoms with van der Waals surface area (Å²) in [6.07, 6.45) is 0. The average Bonchev–Trinajstić information content (AvgIpc) is 2.90. The van der Waals surface area contributed by atoms with Gasteiger partial charge in [0.15, 0.2) is 11.5 Å². The molecular formula is C16H24N2O3. The Balaban J connectivity index is 1.93. The van der Waals surface area contributed by atoms with Crippen molar-refractivity contribution < 1.29 is 14.3 Å². The predicted octanol–water partition coefficient (Wildman–Crippen LogP) is 2.01. The Morgan fingerprint density at radius 1 is 1.29 bits per heavy atom. The molecule has 1 aliphatic rings. The number of hydrogen-bond donors (Lipinski definition) is 2. The normalized spacial score (nSPS) is 13.6. The first kappa shape index (κ1) is 15.6. The lowest BCUT2D eigenvalue weighted by Crippen LogP contribution is -2.44. The van der Waals surface area contributed by atoms with Crippen LogP contribution in [0.1, 0.15) is 33.3 Å². The van der Waals surface area contributed by atoms with Crippen LogP contribution in [-0.4, -0.2) is 25.8 Å². The van der Waals surface area contributed by atoms with Crippen LogP contribution >= 0.6 is 0 Å². The fourth-order valence-electron chi connectivity index (χ4n) is 2.07. The van der Waals surface area contributed by atoms with E-state index in [0.29, 0.717) is 12.5 Å². The van der Waals surface area contributed by atoms with Crippen molar-refractivity contribution in [3.63, 3.8) is 0 Å². The zero-order valence-electron chi connectivity index (χ0n) is 13.2. The highest BCUT2D eigenvalue weighted by atomic mass is 16.7. The van der Waals surface area contributed by atoms with Gasteiger partial charge in [0.05, 0.1) is 6.54 Å². The fourth-order valence-corrected chi connectivity index (χ4v) is 2.07. The number of hydrogen-bond acceptors (Lipinski definition) is 4. The third-order valence-electron chi connectivity index (χ3n) is 3.49. The first-order chi connectivity index (χ1) is 9.88. The summed E-state index contributed by atoms with van der Waals surface area (Å²) in [5.74, 6) is 1.99. The van der Waals surface area contributed by atoms with Crippen molar-refractivity contribution in [2.24, 2.45) is 5.92 Å². The van der Waals surface area contributed by atoms with Gasteiger partial charge >= 0.3 is 0 Å². The molecule has 0 fully saturated rings. The van der Waals surface area contributed by atoms with Crippen LogP contribution in [0.25, 0.3) is 0 Å². The standard InChI is InChI=1S/C16H24N2O3/c1-11(2)8-17-15(19)9-18-16(3,4)12-5-6-13-14(7-12)21-10-20-13/h5-7,11,18H,8-10H2,1-4H3,(H,17,19). The summed E-state index contributed by atoms with van der Waals surface area (Å²) in [4.78, 5) is 11.8. The molecule has 0 saturated carbocycles. The van der Waals surface area contributed by atoms with Crippen molar-refractivity contribution in [1.82, 2.24) is 10.6 Å². The molecule has 1 aromatic carbocycles. The van der Waals surface area contributed by atoms with E-state index in [4.69, 9.17) is 9.47 Å². The molecule has 0 aliphatic carbocycles. The number of benzene rings is 1. The quantitative estimate of drug-likeness (QED) is 0.842. The van der Waals surface area contributed by atoms with Gasteiger partial charge in [0.25, 0.3) is 0 Å². The number of fused-ring (bicyclic) bond motifs is 1. The molecule has 21 heavy (non-hydrogen) atoms. The molecule has 1 aromatic rings. The highest BCUT2D eigenvalue weighted by molar-refractivity contribution is 5.78. The number of carbonyl (C=O) groups excluding carboxylic acids is 1. The zero-order chi connectivity index (χ0) is 15.5. The van der Waals surface area contributed by atoms with Gasteiger partial charge in [-0.2, -0.15) is 0 Å². The molecule has 5 heteroatoms. The summed E-state index contributed by atoms with van der Waals surface area (Å²) in [7, 11) is 0. The number of nitrogens with one attached hydrogen (secondary N) is 2. The Labute approximate surface area is 126 Å². The Kier molecular flexibility index (Phi) is 4.73. The van der Waals surface area contributed by atoms with Crippen LogP contribution in [0.4, 0.5) is 0 Å². The monoisotopic (exact) mass is 292 g/mol. The largest absolute Gasteiger partial charge is 0.454 e. The van der Waals surface area contributed by atoms with E-state index in [1.165, 1.54) is 0 Å². The molecule has 0 saturated heterocycles. The number of carbonyl (C=O) groups is 1. The summed E-state index contributed by atoms with van der Waals surface area (Å²) >= 11 is 0. The van der Waals surface area contributed by atoms with Crippen LogP contribution < -0.4 is 20.1 Å². The topological polar surface area (TPSA) is 59.6 Å². The Morgan fingerprint density at radius 3 is 2.71 bits per heavy atom. The van der Waals surface area contributed by atoms with E-state index in [0.717, 1.165) is 17.1 Å². The van der Waals surface area contributed by atoms with Gasteiger partial charge in [0.2, 0.25) is 12.7 Å². The molecule has 0 atom stereocenters. The van der Waals surface area contributed by atoms with Crippen molar-refractivity contribution in [2.75, 3.05) is 19.9 Å². The molecule has 0 unspecified atom stereocenters. The van der Waals surface area contributed by atoms with Gasteiger partial charge in [0.1, 0.15) is 0 Å². The van der Waals surface area contributed by atoms with Crippen LogP contribution in [0.5, 0.6) is 11.5 Å². The molecule has 0 radical (unpaired) electrons. The minimum Gasteiger partial charge on any atom is -0.454 e. The van der Waals surface area contributed by atoms with Gasteiger partial charge in [-0.1, -0.05) is 19.9 Å². The Bertz CT molecular complexity index is 512. The van der Waals surface area contributed by atoms with Gasteiger partial charge in [0, 0.05) is 12.1 Å². The van der Waals surface area contributed by atoms with E-state index in [2.05, 4.69) is 24.5 Å². The molecule has 0 bridgehead atoms. The van der Waals surface area contributed by atoms with Crippen LogP contribution in [0, 0.1) is 5.92 Å². The number of ether oxygens (including phenoxy) is 2. The SMILES string of the molecule is CC(C)CNC(=O)CNC(C)(C)c1ccc2c(c1)OCO2. The molecule has 2 rings (SSSR count). The van der Waals surface area contributed by atoms with Crippen molar-refractivity contribution in [2.45, 2.75) is 33.2 Å². The summed E-state index contributed by atoms with van der Waals surface area (Å²) in [6, 6.07) is 5.85. The van der Waals surface area contributed by atoms with E-state index in [9.17, 15) is 4.79 Å². The van der Waals surface area contributed by atoms with Gasteiger partial charge in [-0.05, 0) is 37.5 Å². The minimum absolute atomic E-state index is 0.0116. The van der Waals surface area contributed by atoms with Crippen molar-refractivity contribution in [1.29, 1.82) is 0 Å². The lowest BCUT2D eigenvalue weighted by atomic mass is 9.94. The molecular weight excluding hydrogens is 268 g/mol. The third-order valence-corrected chi connectivity index (χ3v) is 3.49. The summed E-state index contributed by atoms with van der Waals surface area (Å²) in [5, 5.41) is 6.18. The predicted molar refractivity (Wildman–Crippen MR) is 81.4 cm³/mol. The summed E-state index contributed by atoms with van der Waals surface area (Å²) < 4.78 is 10.7. The second-order valence-electron chi connectivity index (χ2n) is 6.24. The van der Waals surface area contributed by atoms with Crippen molar-refractivity contribution >= 4 is 5.91 Å². The smallest absolute Gasteiger partial charge is 0.233 e. The van der Waals surface area contributed by atoms with E-state index in [1.807, 2.05) is 32.0 Å². The van der Waals surface area contributed by atoms with Gasteiger partial charge in [-0.15, -0.1) is 0 Å². The first-order valence-corrected chi connectivity index (χ1v) is 7.30. The summed E-state index contributed by atoms with van der Waals surface area (Å²) in [6.45, 7) is 9.48. The minimum atomic E-state index is -0.323. The van der Waals surface area contributed by atoms with E-state index < -0.39 is 0 Å². The maximum absolute atomic E-state index is 11.8. The van der Waals surface area contributed by atoms with E-state index in [1.54, 1.807) is 0 Å². The lowest BCUT2D eigenvalue weighted by molar-refractivity contribution is -0.120. The molecule has 1 amide bonds. The second-order valence-corrected chi connectivity index (χ2v) is 6.24. The second kappa shape index (κ2) is 6.35. The molecule has 1 heterocycles. The molecule has 1 aliphatic heterocycles. The van der Waals surface area contributed by atoms with Gasteiger partial charge in [-0.3, -0.25) is 10.1 Å². The number of rotatable bonds is 6. The molecule has 2 N–H and O–H groups in total. The lowest BCUT2D eigenvalue weighted by Gasteiger charge is -2.27. The van der Waals surface area contributed by atoms with Crippen LogP contribution in [0.2, 0.25) is 0 Å². The fraction of sp³-hybridized carbons (Fsp3) is 0.562. The van der Waals surface area contributed by atoms with Gasteiger partial charge < -0.3 is 14.8 Å². The first-order valence-electron chi connectivity index (χ1n) is 7.30. The van der Waals surface area contributed by atoms with E-state index in [-0.39, 0.29) is 24.8 Å². The Hall–Kier alpha value is -1.75. The maximum atomic E-state index is 11.8. The molecule has 0 spiro atoms. The number of amides is 1. The molecule has 116 valence electrons. The third kappa shape index (κ3) is 4.11. The van der Waals surface area contributed by atoms with Crippen molar-refractivity contribution in [3.05, 3.63) is 23.8 Å². The van der Waals surface area contributed by atoms with Crippen molar-refractivity contribution in [3.8, 4) is 11.5 Å².